The number of aliphatic hydroxyl groups excluding tert-OH is 2. The molecule has 0 fully saturated rings. The van der Waals surface area contributed by atoms with E-state index in [1.54, 1.807) is 0 Å². The summed E-state index contributed by atoms with van der Waals surface area (Å²) in [5.41, 5.74) is -0.0270. The molecular weight excluding hydrogens is 206 g/mol. The maximum Gasteiger partial charge on any atom is 0.190 e. The SMILES string of the molecule is COc1c(F)cc(C(O)C(C)O)cc1F. The number of benzene rings is 1. The zero-order valence-electron chi connectivity index (χ0n) is 8.37. The van der Waals surface area contributed by atoms with Crippen molar-refractivity contribution in [3.63, 3.8) is 0 Å². The monoisotopic (exact) mass is 218 g/mol. The molecule has 0 radical (unpaired) electrons. The third-order valence-corrected chi connectivity index (χ3v) is 2.02. The van der Waals surface area contributed by atoms with Crippen molar-refractivity contribution in [2.24, 2.45) is 0 Å². The Morgan fingerprint density at radius 2 is 1.67 bits per heavy atom. The van der Waals surface area contributed by atoms with Crippen LogP contribution in [0.4, 0.5) is 8.78 Å². The zero-order chi connectivity index (χ0) is 11.6. The van der Waals surface area contributed by atoms with Gasteiger partial charge in [0.25, 0.3) is 0 Å². The Hall–Kier alpha value is -1.20. The first-order valence-corrected chi connectivity index (χ1v) is 4.36. The molecule has 0 aromatic heterocycles. The van der Waals surface area contributed by atoms with Crippen molar-refractivity contribution in [1.29, 1.82) is 0 Å². The normalized spacial score (nSPS) is 14.8. The lowest BCUT2D eigenvalue weighted by Gasteiger charge is -2.15. The molecule has 1 rings (SSSR count). The molecule has 2 atom stereocenters. The summed E-state index contributed by atoms with van der Waals surface area (Å²) in [6.07, 6.45) is -2.42. The predicted octanol–water partition coefficient (Wildman–Crippen LogP) is 1.39. The number of aliphatic hydroxyl groups is 2. The van der Waals surface area contributed by atoms with Crippen molar-refractivity contribution in [3.05, 3.63) is 29.3 Å². The van der Waals surface area contributed by atoms with Crippen LogP contribution in [0.25, 0.3) is 0 Å². The first-order chi connectivity index (χ1) is 6.97. The third kappa shape index (κ3) is 2.43. The van der Waals surface area contributed by atoms with E-state index in [0.29, 0.717) is 0 Å². The van der Waals surface area contributed by atoms with Gasteiger partial charge in [0.2, 0.25) is 0 Å². The molecule has 0 bridgehead atoms. The summed E-state index contributed by atoms with van der Waals surface area (Å²) in [4.78, 5) is 0. The standard InChI is InChI=1S/C10H12F2O3/c1-5(13)9(14)6-3-7(11)10(15-2)8(12)4-6/h3-5,9,13-14H,1-2H3. The maximum atomic E-state index is 13.2. The zero-order valence-corrected chi connectivity index (χ0v) is 8.37. The van der Waals surface area contributed by atoms with Crippen LogP contribution >= 0.6 is 0 Å². The summed E-state index contributed by atoms with van der Waals surface area (Å²) in [5, 5.41) is 18.4. The fourth-order valence-corrected chi connectivity index (χ4v) is 1.22. The molecule has 0 saturated carbocycles. The third-order valence-electron chi connectivity index (χ3n) is 2.02. The number of hydrogen-bond acceptors (Lipinski definition) is 3. The second-order valence-electron chi connectivity index (χ2n) is 3.20. The smallest absolute Gasteiger partial charge is 0.190 e. The van der Waals surface area contributed by atoms with Crippen molar-refractivity contribution >= 4 is 0 Å². The van der Waals surface area contributed by atoms with E-state index >= 15 is 0 Å². The molecule has 0 aliphatic carbocycles. The molecule has 0 aliphatic heterocycles. The molecule has 2 unspecified atom stereocenters. The molecule has 15 heavy (non-hydrogen) atoms. The van der Waals surface area contributed by atoms with Gasteiger partial charge >= 0.3 is 0 Å². The van der Waals surface area contributed by atoms with Gasteiger partial charge in [0, 0.05) is 0 Å². The van der Waals surface area contributed by atoms with Gasteiger partial charge < -0.3 is 14.9 Å². The van der Waals surface area contributed by atoms with Crippen LogP contribution in [0.3, 0.4) is 0 Å². The van der Waals surface area contributed by atoms with Crippen molar-refractivity contribution in [2.45, 2.75) is 19.1 Å². The molecule has 5 heteroatoms. The summed E-state index contributed by atoms with van der Waals surface area (Å²) >= 11 is 0. The molecule has 3 nitrogen and oxygen atoms in total. The van der Waals surface area contributed by atoms with Crippen molar-refractivity contribution in [1.82, 2.24) is 0 Å². The molecule has 0 amide bonds. The maximum absolute atomic E-state index is 13.2. The molecule has 1 aromatic rings. The summed E-state index contributed by atoms with van der Waals surface area (Å²) in [7, 11) is 1.15. The summed E-state index contributed by atoms with van der Waals surface area (Å²) in [6, 6.07) is 1.86. The van der Waals surface area contributed by atoms with Crippen molar-refractivity contribution in [2.75, 3.05) is 7.11 Å². The lowest BCUT2D eigenvalue weighted by atomic mass is 10.0. The van der Waals surface area contributed by atoms with Gasteiger partial charge in [-0.25, -0.2) is 8.78 Å². The average Bonchev–Trinajstić information content (AvgIpc) is 2.15. The van der Waals surface area contributed by atoms with E-state index in [1.807, 2.05) is 0 Å². The lowest BCUT2D eigenvalue weighted by molar-refractivity contribution is 0.0301. The summed E-state index contributed by atoms with van der Waals surface area (Å²) < 4.78 is 30.8. The molecule has 84 valence electrons. The topological polar surface area (TPSA) is 49.7 Å². The summed E-state index contributed by atoms with van der Waals surface area (Å²) in [6.45, 7) is 1.32. The largest absolute Gasteiger partial charge is 0.491 e. The molecular formula is C10H12F2O3. The van der Waals surface area contributed by atoms with Gasteiger partial charge in [-0.2, -0.15) is 0 Å². The predicted molar refractivity (Wildman–Crippen MR) is 49.6 cm³/mol. The van der Waals surface area contributed by atoms with E-state index in [-0.39, 0.29) is 5.56 Å². The Morgan fingerprint density at radius 1 is 1.20 bits per heavy atom. The van der Waals surface area contributed by atoms with E-state index in [1.165, 1.54) is 6.92 Å². The van der Waals surface area contributed by atoms with Crippen LogP contribution in [0, 0.1) is 11.6 Å². The molecule has 1 aromatic carbocycles. The first-order valence-electron chi connectivity index (χ1n) is 4.36. The van der Waals surface area contributed by atoms with Crippen LogP contribution in [-0.4, -0.2) is 23.4 Å². The highest BCUT2D eigenvalue weighted by Crippen LogP contribution is 2.26. The Bertz CT molecular complexity index is 330. The first kappa shape index (κ1) is 11.9. The number of rotatable bonds is 3. The van der Waals surface area contributed by atoms with Crippen molar-refractivity contribution < 1.29 is 23.7 Å². The van der Waals surface area contributed by atoms with Crippen LogP contribution in [0.15, 0.2) is 12.1 Å². The summed E-state index contributed by atoms with van der Waals surface area (Å²) in [5.74, 6) is -2.32. The molecule has 0 aliphatic rings. The Balaban J connectivity index is 3.14. The minimum atomic E-state index is -1.32. The highest BCUT2D eigenvalue weighted by atomic mass is 19.1. The minimum Gasteiger partial charge on any atom is -0.491 e. The van der Waals surface area contributed by atoms with E-state index in [4.69, 9.17) is 5.11 Å². The quantitative estimate of drug-likeness (QED) is 0.806. The fraction of sp³-hybridized carbons (Fsp3) is 0.400. The Kier molecular flexibility index (Phi) is 3.60. The highest BCUT2D eigenvalue weighted by molar-refractivity contribution is 5.32. The minimum absolute atomic E-state index is 0.0270. The van der Waals surface area contributed by atoms with Gasteiger partial charge in [-0.15, -0.1) is 0 Å². The van der Waals surface area contributed by atoms with E-state index < -0.39 is 29.6 Å². The second kappa shape index (κ2) is 4.55. The van der Waals surface area contributed by atoms with Gasteiger partial charge in [0.15, 0.2) is 17.4 Å². The van der Waals surface area contributed by atoms with Crippen LogP contribution < -0.4 is 4.74 Å². The molecule has 0 saturated heterocycles. The van der Waals surface area contributed by atoms with Gasteiger partial charge in [-0.3, -0.25) is 0 Å². The number of methoxy groups -OCH3 is 1. The fourth-order valence-electron chi connectivity index (χ4n) is 1.22. The Morgan fingerprint density at radius 3 is 2.00 bits per heavy atom. The van der Waals surface area contributed by atoms with Gasteiger partial charge in [-0.1, -0.05) is 0 Å². The van der Waals surface area contributed by atoms with Crippen LogP contribution in [-0.2, 0) is 0 Å². The van der Waals surface area contributed by atoms with E-state index in [2.05, 4.69) is 4.74 Å². The molecule has 0 heterocycles. The van der Waals surface area contributed by atoms with E-state index in [0.717, 1.165) is 19.2 Å². The highest BCUT2D eigenvalue weighted by Gasteiger charge is 2.19. The number of ether oxygens (including phenoxy) is 1. The van der Waals surface area contributed by atoms with E-state index in [9.17, 15) is 13.9 Å². The molecule has 2 N–H and O–H groups in total. The average molecular weight is 218 g/mol. The van der Waals surface area contributed by atoms with Gasteiger partial charge in [0.05, 0.1) is 13.2 Å². The van der Waals surface area contributed by atoms with Crippen LogP contribution in [0.2, 0.25) is 0 Å². The van der Waals surface area contributed by atoms with Crippen LogP contribution in [0.1, 0.15) is 18.6 Å². The number of hydrogen-bond donors (Lipinski definition) is 2. The van der Waals surface area contributed by atoms with Crippen molar-refractivity contribution in [3.8, 4) is 5.75 Å². The number of halogens is 2. The molecule has 0 spiro atoms. The van der Waals surface area contributed by atoms with Gasteiger partial charge in [0.1, 0.15) is 6.10 Å². The van der Waals surface area contributed by atoms with Gasteiger partial charge in [-0.05, 0) is 24.6 Å². The Labute approximate surface area is 85.9 Å². The lowest BCUT2D eigenvalue weighted by Crippen LogP contribution is -2.14. The second-order valence-corrected chi connectivity index (χ2v) is 3.20. The van der Waals surface area contributed by atoms with Crippen LogP contribution in [0.5, 0.6) is 5.75 Å².